The van der Waals surface area contributed by atoms with Crippen LogP contribution in [0, 0.1) is 0 Å². The number of hydrogen-bond acceptors (Lipinski definition) is 3. The van der Waals surface area contributed by atoms with Crippen molar-refractivity contribution in [3.63, 3.8) is 0 Å². The van der Waals surface area contributed by atoms with E-state index in [1.807, 2.05) is 0 Å². The molecule has 2 aromatic heterocycles. The van der Waals surface area contributed by atoms with Gasteiger partial charge in [0.1, 0.15) is 16.9 Å². The number of primary amides is 1. The van der Waals surface area contributed by atoms with Gasteiger partial charge in [-0.25, -0.2) is 4.52 Å². The quantitative estimate of drug-likeness (QED) is 0.565. The summed E-state index contributed by atoms with van der Waals surface area (Å²) >= 11 is 12.2. The van der Waals surface area contributed by atoms with E-state index in [9.17, 15) is 9.59 Å². The number of benzene rings is 2. The first-order chi connectivity index (χ1) is 12.0. The largest absolute Gasteiger partial charge is 0.365 e. The summed E-state index contributed by atoms with van der Waals surface area (Å²) in [6, 6.07) is 11.8. The Balaban J connectivity index is 2.19. The molecule has 0 bridgehead atoms. The lowest BCUT2D eigenvalue weighted by atomic mass is 10.1. The molecule has 0 aliphatic heterocycles. The van der Waals surface area contributed by atoms with Crippen LogP contribution < -0.4 is 11.3 Å². The number of aromatic nitrogens is 3. The minimum Gasteiger partial charge on any atom is -0.365 e. The van der Waals surface area contributed by atoms with Crippen molar-refractivity contribution in [3.05, 3.63) is 68.4 Å². The van der Waals surface area contributed by atoms with Gasteiger partial charge < -0.3 is 10.7 Å². The van der Waals surface area contributed by atoms with E-state index >= 15 is 0 Å². The van der Waals surface area contributed by atoms with Crippen LogP contribution in [-0.2, 0) is 0 Å². The van der Waals surface area contributed by atoms with Gasteiger partial charge in [-0.1, -0.05) is 35.3 Å². The van der Waals surface area contributed by atoms with Crippen LogP contribution in [0.25, 0.3) is 27.8 Å². The summed E-state index contributed by atoms with van der Waals surface area (Å²) in [6.07, 6.45) is 0. The van der Waals surface area contributed by atoms with Crippen LogP contribution in [0.1, 0.15) is 10.4 Å². The second kappa shape index (κ2) is 5.61. The zero-order chi connectivity index (χ0) is 17.7. The highest BCUT2D eigenvalue weighted by Crippen LogP contribution is 2.33. The Hall–Kier alpha value is -2.83. The van der Waals surface area contributed by atoms with Crippen molar-refractivity contribution in [1.82, 2.24) is 14.6 Å². The molecule has 25 heavy (non-hydrogen) atoms. The molecular formula is C17H10Cl2N4O2. The second-order valence-corrected chi connectivity index (χ2v) is 6.29. The van der Waals surface area contributed by atoms with Gasteiger partial charge in [-0.2, -0.15) is 5.10 Å². The molecule has 0 saturated carbocycles. The fourth-order valence-electron chi connectivity index (χ4n) is 2.84. The topological polar surface area (TPSA) is 93.2 Å². The van der Waals surface area contributed by atoms with E-state index in [-0.39, 0.29) is 22.5 Å². The average Bonchev–Trinajstić information content (AvgIpc) is 2.94. The molecule has 4 rings (SSSR count). The molecule has 0 radical (unpaired) electrons. The molecule has 1 amide bonds. The third kappa shape index (κ3) is 2.38. The first kappa shape index (κ1) is 15.7. The summed E-state index contributed by atoms with van der Waals surface area (Å²) in [5, 5.41) is 5.71. The number of amides is 1. The maximum Gasteiger partial charge on any atom is 0.259 e. The number of nitrogens with one attached hydrogen (secondary N) is 1. The summed E-state index contributed by atoms with van der Waals surface area (Å²) in [7, 11) is 0. The molecule has 6 nitrogen and oxygen atoms in total. The number of H-pyrrole nitrogens is 1. The van der Waals surface area contributed by atoms with Gasteiger partial charge in [0.2, 0.25) is 0 Å². The van der Waals surface area contributed by atoms with Gasteiger partial charge in [-0.3, -0.25) is 9.59 Å². The van der Waals surface area contributed by atoms with Gasteiger partial charge in [0.05, 0.1) is 15.9 Å². The van der Waals surface area contributed by atoms with Gasteiger partial charge in [0.15, 0.2) is 0 Å². The van der Waals surface area contributed by atoms with E-state index in [4.69, 9.17) is 28.9 Å². The van der Waals surface area contributed by atoms with Crippen molar-refractivity contribution in [3.8, 4) is 11.3 Å². The minimum absolute atomic E-state index is 0.0899. The molecule has 0 fully saturated rings. The fourth-order valence-corrected chi connectivity index (χ4v) is 3.33. The first-order valence-corrected chi connectivity index (χ1v) is 8.02. The van der Waals surface area contributed by atoms with Gasteiger partial charge in [0.25, 0.3) is 11.5 Å². The van der Waals surface area contributed by atoms with Crippen molar-refractivity contribution in [2.24, 2.45) is 5.73 Å². The Kier molecular flexibility index (Phi) is 3.52. The predicted octanol–water partition coefficient (Wildman–Crippen LogP) is 3.25. The Morgan fingerprint density at radius 3 is 2.64 bits per heavy atom. The van der Waals surface area contributed by atoms with Gasteiger partial charge in [-0.05, 0) is 30.3 Å². The molecule has 0 spiro atoms. The summed E-state index contributed by atoms with van der Waals surface area (Å²) in [6.45, 7) is 0. The van der Waals surface area contributed by atoms with Crippen LogP contribution in [0.15, 0.2) is 47.3 Å². The van der Waals surface area contributed by atoms with Crippen molar-refractivity contribution in [1.29, 1.82) is 0 Å². The molecule has 0 unspecified atom stereocenters. The molecule has 124 valence electrons. The zero-order valence-corrected chi connectivity index (χ0v) is 14.1. The molecular weight excluding hydrogens is 363 g/mol. The van der Waals surface area contributed by atoms with Crippen LogP contribution in [0.2, 0.25) is 10.0 Å². The number of fused-ring (bicyclic) bond motifs is 3. The number of rotatable bonds is 2. The molecule has 4 aromatic rings. The normalized spacial score (nSPS) is 11.3. The minimum atomic E-state index is -0.720. The number of para-hydroxylation sites is 1. The van der Waals surface area contributed by atoms with Crippen molar-refractivity contribution >= 4 is 45.7 Å². The van der Waals surface area contributed by atoms with Crippen LogP contribution in [0.4, 0.5) is 0 Å². The highest BCUT2D eigenvalue weighted by atomic mass is 35.5. The third-order valence-electron chi connectivity index (χ3n) is 3.93. The number of aromatic amines is 1. The van der Waals surface area contributed by atoms with E-state index in [0.29, 0.717) is 26.5 Å². The summed E-state index contributed by atoms with van der Waals surface area (Å²) in [5.74, 6) is -0.720. The molecule has 0 aliphatic rings. The average molecular weight is 373 g/mol. The van der Waals surface area contributed by atoms with Crippen molar-refractivity contribution in [2.75, 3.05) is 0 Å². The maximum atomic E-state index is 12.3. The molecule has 2 heterocycles. The number of halogens is 2. The van der Waals surface area contributed by atoms with E-state index in [1.54, 1.807) is 42.5 Å². The van der Waals surface area contributed by atoms with Crippen molar-refractivity contribution in [2.45, 2.75) is 0 Å². The predicted molar refractivity (Wildman–Crippen MR) is 97.3 cm³/mol. The maximum absolute atomic E-state index is 12.3. The molecule has 0 atom stereocenters. The highest BCUT2D eigenvalue weighted by Gasteiger charge is 2.23. The number of nitrogens with zero attached hydrogens (tertiary/aromatic N) is 2. The van der Waals surface area contributed by atoms with E-state index in [0.717, 1.165) is 0 Å². The van der Waals surface area contributed by atoms with Crippen LogP contribution in [0.3, 0.4) is 0 Å². The van der Waals surface area contributed by atoms with Crippen LogP contribution in [-0.4, -0.2) is 20.5 Å². The summed E-state index contributed by atoms with van der Waals surface area (Å²) < 4.78 is 1.48. The molecule has 2 aromatic carbocycles. The Morgan fingerprint density at radius 1 is 1.16 bits per heavy atom. The van der Waals surface area contributed by atoms with Crippen LogP contribution >= 0.6 is 23.2 Å². The zero-order valence-electron chi connectivity index (χ0n) is 12.6. The lowest BCUT2D eigenvalue weighted by Crippen LogP contribution is -2.15. The number of carbonyl (C=O) groups is 1. The number of hydrogen-bond donors (Lipinski definition) is 2. The summed E-state index contributed by atoms with van der Waals surface area (Å²) in [5.41, 5.74) is 6.86. The molecule has 3 N–H and O–H groups in total. The second-order valence-electron chi connectivity index (χ2n) is 5.44. The highest BCUT2D eigenvalue weighted by molar-refractivity contribution is 6.36. The van der Waals surface area contributed by atoms with Crippen LogP contribution in [0.5, 0.6) is 0 Å². The number of carbonyl (C=O) groups excluding carboxylic acids is 1. The number of nitrogens with two attached hydrogens (primary N) is 1. The van der Waals surface area contributed by atoms with Gasteiger partial charge in [0, 0.05) is 10.6 Å². The monoisotopic (exact) mass is 372 g/mol. The van der Waals surface area contributed by atoms with Gasteiger partial charge >= 0.3 is 0 Å². The molecule has 0 saturated heterocycles. The third-order valence-corrected chi connectivity index (χ3v) is 4.47. The fraction of sp³-hybridized carbons (Fsp3) is 0. The standard InChI is InChI=1S/C17H10Cl2N4O2/c18-8-5-6-9(11(19)7-8)14-13(15(20)24)16-21-17(25)10-3-1-2-4-12(10)23(16)22-14/h1-7H,(H2,20,24)(H,21,25). The van der Waals surface area contributed by atoms with E-state index in [1.165, 1.54) is 4.52 Å². The Morgan fingerprint density at radius 2 is 1.92 bits per heavy atom. The first-order valence-electron chi connectivity index (χ1n) is 7.26. The molecule has 0 aliphatic carbocycles. The van der Waals surface area contributed by atoms with E-state index in [2.05, 4.69) is 10.1 Å². The molecule has 8 heteroatoms. The smallest absolute Gasteiger partial charge is 0.259 e. The summed E-state index contributed by atoms with van der Waals surface area (Å²) in [4.78, 5) is 27.1. The van der Waals surface area contributed by atoms with Gasteiger partial charge in [-0.15, -0.1) is 0 Å². The lowest BCUT2D eigenvalue weighted by Gasteiger charge is -2.03. The van der Waals surface area contributed by atoms with Crippen molar-refractivity contribution < 1.29 is 4.79 Å². The van der Waals surface area contributed by atoms with E-state index < -0.39 is 5.91 Å². The SMILES string of the molecule is NC(=O)c1c(-c2ccc(Cl)cc2Cl)nn2c1[nH]c(=O)c1ccccc12. The Bertz CT molecular complexity index is 1230. The Labute approximate surface area is 150 Å². The lowest BCUT2D eigenvalue weighted by molar-refractivity contribution is 0.100.